The number of nitrogens with zero attached hydrogens (tertiary/aromatic N) is 2. The zero-order chi connectivity index (χ0) is 25.7. The van der Waals surface area contributed by atoms with Gasteiger partial charge in [0.15, 0.2) is 11.5 Å². The van der Waals surface area contributed by atoms with Crippen molar-refractivity contribution in [1.82, 2.24) is 4.98 Å². The number of carbonyl (C=O) groups excluding carboxylic acids is 1. The van der Waals surface area contributed by atoms with Crippen LogP contribution in [0.4, 0.5) is 15.8 Å². The summed E-state index contributed by atoms with van der Waals surface area (Å²) in [5.41, 5.74) is 2.07. The van der Waals surface area contributed by atoms with Crippen molar-refractivity contribution in [3.05, 3.63) is 77.9 Å². The second-order valence-corrected chi connectivity index (χ2v) is 10.0. The number of esters is 1. The molecule has 0 unspecified atom stereocenters. The summed E-state index contributed by atoms with van der Waals surface area (Å²) < 4.78 is 31.4. The Labute approximate surface area is 212 Å². The number of pyridine rings is 1. The fraction of sp³-hybridized carbons (Fsp3) is 0.379. The van der Waals surface area contributed by atoms with Crippen LogP contribution in [0.25, 0.3) is 0 Å². The SMILES string of the molecule is COc1ccc(N(Cc2cncc(F)c2)c2cccc(C(=O)OC(C)(C)C)c2)cc1OC1CCCC1. The van der Waals surface area contributed by atoms with Crippen LogP contribution in [0.2, 0.25) is 0 Å². The van der Waals surface area contributed by atoms with Crippen molar-refractivity contribution in [2.45, 2.75) is 64.7 Å². The van der Waals surface area contributed by atoms with Gasteiger partial charge in [-0.3, -0.25) is 4.98 Å². The predicted molar refractivity (Wildman–Crippen MR) is 138 cm³/mol. The third-order valence-electron chi connectivity index (χ3n) is 5.95. The number of ether oxygens (including phenoxy) is 3. The molecule has 7 heteroatoms. The number of anilines is 2. The first-order valence-electron chi connectivity index (χ1n) is 12.3. The molecule has 1 aromatic heterocycles. The minimum Gasteiger partial charge on any atom is -0.493 e. The molecule has 0 amide bonds. The Kier molecular flexibility index (Phi) is 7.77. The highest BCUT2D eigenvalue weighted by Gasteiger charge is 2.22. The minimum atomic E-state index is -0.609. The van der Waals surface area contributed by atoms with E-state index in [4.69, 9.17) is 14.2 Å². The molecular formula is C29H33FN2O4. The van der Waals surface area contributed by atoms with E-state index in [1.54, 1.807) is 25.4 Å². The highest BCUT2D eigenvalue weighted by Crippen LogP contribution is 2.38. The summed E-state index contributed by atoms with van der Waals surface area (Å²) in [6.07, 6.45) is 7.32. The molecule has 0 saturated heterocycles. The number of hydrogen-bond acceptors (Lipinski definition) is 6. The first kappa shape index (κ1) is 25.5. The average molecular weight is 493 g/mol. The third-order valence-corrected chi connectivity index (χ3v) is 5.95. The van der Waals surface area contributed by atoms with Crippen LogP contribution in [0.15, 0.2) is 60.9 Å². The summed E-state index contributed by atoms with van der Waals surface area (Å²) in [5.74, 6) is 0.500. The molecule has 0 N–H and O–H groups in total. The quantitative estimate of drug-likeness (QED) is 0.321. The monoisotopic (exact) mass is 492 g/mol. The maximum atomic E-state index is 14.0. The number of aromatic nitrogens is 1. The van der Waals surface area contributed by atoms with Crippen molar-refractivity contribution in [2.24, 2.45) is 0 Å². The molecule has 0 radical (unpaired) electrons. The number of carbonyl (C=O) groups is 1. The smallest absolute Gasteiger partial charge is 0.338 e. The average Bonchev–Trinajstić information content (AvgIpc) is 3.35. The van der Waals surface area contributed by atoms with E-state index in [9.17, 15) is 9.18 Å². The molecule has 6 nitrogen and oxygen atoms in total. The van der Waals surface area contributed by atoms with Crippen LogP contribution in [0, 0.1) is 5.82 Å². The zero-order valence-corrected chi connectivity index (χ0v) is 21.3. The van der Waals surface area contributed by atoms with Gasteiger partial charge in [-0.05, 0) is 88.4 Å². The lowest BCUT2D eigenvalue weighted by molar-refractivity contribution is 0.00695. The van der Waals surface area contributed by atoms with E-state index in [0.29, 0.717) is 29.2 Å². The fourth-order valence-electron chi connectivity index (χ4n) is 4.31. The summed E-state index contributed by atoms with van der Waals surface area (Å²) >= 11 is 0. The van der Waals surface area contributed by atoms with E-state index in [2.05, 4.69) is 4.98 Å². The van der Waals surface area contributed by atoms with Gasteiger partial charge in [0.05, 0.1) is 25.0 Å². The van der Waals surface area contributed by atoms with Crippen LogP contribution in [-0.2, 0) is 11.3 Å². The van der Waals surface area contributed by atoms with Crippen molar-refractivity contribution >= 4 is 17.3 Å². The Morgan fingerprint density at radius 3 is 2.47 bits per heavy atom. The Hall–Kier alpha value is -3.61. The number of hydrogen-bond donors (Lipinski definition) is 0. The van der Waals surface area contributed by atoms with Crippen LogP contribution < -0.4 is 14.4 Å². The molecule has 190 valence electrons. The van der Waals surface area contributed by atoms with E-state index in [1.807, 2.05) is 56.0 Å². The molecule has 1 saturated carbocycles. The lowest BCUT2D eigenvalue weighted by Crippen LogP contribution is -2.24. The largest absolute Gasteiger partial charge is 0.493 e. The summed E-state index contributed by atoms with van der Waals surface area (Å²) in [4.78, 5) is 18.8. The molecule has 1 aliphatic rings. The summed E-state index contributed by atoms with van der Waals surface area (Å²) in [6, 6.07) is 14.4. The number of methoxy groups -OCH3 is 1. The molecule has 0 atom stereocenters. The Morgan fingerprint density at radius 2 is 1.78 bits per heavy atom. The Balaban J connectivity index is 1.73. The van der Waals surface area contributed by atoms with E-state index in [0.717, 1.165) is 37.1 Å². The normalized spacial score (nSPS) is 13.9. The van der Waals surface area contributed by atoms with Crippen LogP contribution in [0.5, 0.6) is 11.5 Å². The van der Waals surface area contributed by atoms with Gasteiger partial charge in [-0.1, -0.05) is 6.07 Å². The highest BCUT2D eigenvalue weighted by molar-refractivity contribution is 5.91. The van der Waals surface area contributed by atoms with Crippen molar-refractivity contribution in [3.8, 4) is 11.5 Å². The molecule has 0 aliphatic heterocycles. The van der Waals surface area contributed by atoms with Crippen molar-refractivity contribution in [3.63, 3.8) is 0 Å². The molecule has 3 aromatic rings. The minimum absolute atomic E-state index is 0.158. The lowest BCUT2D eigenvalue weighted by Gasteiger charge is -2.27. The van der Waals surface area contributed by atoms with Gasteiger partial charge >= 0.3 is 5.97 Å². The van der Waals surface area contributed by atoms with Gasteiger partial charge in [-0.2, -0.15) is 0 Å². The number of rotatable bonds is 8. The lowest BCUT2D eigenvalue weighted by atomic mass is 10.1. The molecular weight excluding hydrogens is 459 g/mol. The first-order valence-corrected chi connectivity index (χ1v) is 12.3. The molecule has 1 heterocycles. The second kappa shape index (κ2) is 11.0. The van der Waals surface area contributed by atoms with Crippen LogP contribution in [0.1, 0.15) is 62.4 Å². The summed E-state index contributed by atoms with van der Waals surface area (Å²) in [5, 5.41) is 0. The van der Waals surface area contributed by atoms with Crippen LogP contribution in [-0.4, -0.2) is 29.8 Å². The first-order chi connectivity index (χ1) is 17.2. The second-order valence-electron chi connectivity index (χ2n) is 10.0. The van der Waals surface area contributed by atoms with Crippen molar-refractivity contribution < 1.29 is 23.4 Å². The Bertz CT molecular complexity index is 1200. The van der Waals surface area contributed by atoms with Gasteiger partial charge in [0.2, 0.25) is 0 Å². The van der Waals surface area contributed by atoms with Gasteiger partial charge in [-0.15, -0.1) is 0 Å². The van der Waals surface area contributed by atoms with Crippen LogP contribution in [0.3, 0.4) is 0 Å². The van der Waals surface area contributed by atoms with Gasteiger partial charge in [0, 0.05) is 30.2 Å². The van der Waals surface area contributed by atoms with Gasteiger partial charge in [-0.25, -0.2) is 9.18 Å². The molecule has 1 fully saturated rings. The molecule has 0 spiro atoms. The van der Waals surface area contributed by atoms with Gasteiger partial charge in [0.25, 0.3) is 0 Å². The van der Waals surface area contributed by atoms with E-state index >= 15 is 0 Å². The van der Waals surface area contributed by atoms with E-state index < -0.39 is 17.4 Å². The Morgan fingerprint density at radius 1 is 1.03 bits per heavy atom. The molecule has 1 aliphatic carbocycles. The highest BCUT2D eigenvalue weighted by atomic mass is 19.1. The number of halogens is 1. The number of benzene rings is 2. The predicted octanol–water partition coefficient (Wildman–Crippen LogP) is 6.84. The summed E-state index contributed by atoms with van der Waals surface area (Å²) in [6.45, 7) is 5.83. The van der Waals surface area contributed by atoms with Crippen molar-refractivity contribution in [1.29, 1.82) is 0 Å². The molecule has 0 bridgehead atoms. The summed E-state index contributed by atoms with van der Waals surface area (Å²) in [7, 11) is 1.62. The topological polar surface area (TPSA) is 60.9 Å². The third kappa shape index (κ3) is 6.53. The molecule has 2 aromatic carbocycles. The molecule has 36 heavy (non-hydrogen) atoms. The van der Waals surface area contributed by atoms with E-state index in [-0.39, 0.29) is 6.10 Å². The zero-order valence-electron chi connectivity index (χ0n) is 21.3. The maximum Gasteiger partial charge on any atom is 0.338 e. The van der Waals surface area contributed by atoms with Crippen LogP contribution >= 0.6 is 0 Å². The standard InChI is InChI=1S/C29H33FN2O4/c1-29(2,3)36-28(33)21-8-7-9-23(15-21)32(19-20-14-22(30)18-31-17-20)24-12-13-26(34-4)27(16-24)35-25-10-5-6-11-25/h7-9,12-18,25H,5-6,10-11,19H2,1-4H3. The van der Waals surface area contributed by atoms with Crippen molar-refractivity contribution in [2.75, 3.05) is 12.0 Å². The van der Waals surface area contributed by atoms with E-state index in [1.165, 1.54) is 12.3 Å². The molecule has 4 rings (SSSR count). The fourth-order valence-corrected chi connectivity index (χ4v) is 4.31. The maximum absolute atomic E-state index is 14.0. The van der Waals surface area contributed by atoms with Gasteiger partial charge in [0.1, 0.15) is 11.4 Å². The van der Waals surface area contributed by atoms with Gasteiger partial charge < -0.3 is 19.1 Å².